The molecule has 0 fully saturated rings. The maximum absolute atomic E-state index is 5.92. The maximum Gasteiger partial charge on any atom is 0.129 e. The Kier molecular flexibility index (Phi) is 4.88. The first-order chi connectivity index (χ1) is 8.09. The lowest BCUT2D eigenvalue weighted by Crippen LogP contribution is -1.95. The molecule has 2 rings (SSSR count). The average Bonchev–Trinajstić information content (AvgIpc) is 2.31. The summed E-state index contributed by atoms with van der Waals surface area (Å²) in [4.78, 5) is 8.47. The van der Waals surface area contributed by atoms with Crippen LogP contribution in [0.1, 0.15) is 44.9 Å². The monoisotopic (exact) mass is 250 g/mol. The van der Waals surface area contributed by atoms with Crippen LogP contribution in [0.15, 0.2) is 18.5 Å². The molecule has 2 aromatic rings. The van der Waals surface area contributed by atoms with Crippen molar-refractivity contribution in [2.75, 3.05) is 0 Å². The summed E-state index contributed by atoms with van der Waals surface area (Å²) in [5.41, 5.74) is 2.22. The molecule has 0 aromatic carbocycles. The summed E-state index contributed by atoms with van der Waals surface area (Å²) in [6.45, 7) is 10.3. The molecule has 0 spiro atoms. The van der Waals surface area contributed by atoms with Crippen molar-refractivity contribution in [3.8, 4) is 0 Å². The fourth-order valence-electron chi connectivity index (χ4n) is 1.72. The third-order valence-corrected chi connectivity index (χ3v) is 2.80. The van der Waals surface area contributed by atoms with Crippen molar-refractivity contribution in [2.24, 2.45) is 0 Å². The van der Waals surface area contributed by atoms with E-state index in [9.17, 15) is 0 Å². The molecule has 0 N–H and O–H groups in total. The molecule has 2 aromatic heterocycles. The highest BCUT2D eigenvalue weighted by Gasteiger charge is 2.08. The summed E-state index contributed by atoms with van der Waals surface area (Å²) in [6, 6.07) is 1.92. The van der Waals surface area contributed by atoms with E-state index in [1.807, 2.05) is 33.0 Å². The molecule has 0 aliphatic carbocycles. The van der Waals surface area contributed by atoms with Crippen molar-refractivity contribution < 1.29 is 0 Å². The Morgan fingerprint density at radius 3 is 2.29 bits per heavy atom. The zero-order chi connectivity index (χ0) is 13.0. The number of aryl methyl sites for hydroxylation is 1. The summed E-state index contributed by atoms with van der Waals surface area (Å²) < 4.78 is 0. The largest absolute Gasteiger partial charge is 0.261 e. The highest BCUT2D eigenvalue weighted by Crippen LogP contribution is 2.27. The molecule has 0 unspecified atom stereocenters. The van der Waals surface area contributed by atoms with Crippen molar-refractivity contribution in [3.63, 3.8) is 0 Å². The molecule has 92 valence electrons. The Balaban J connectivity index is 0.000000686. The molecule has 0 bridgehead atoms. The van der Waals surface area contributed by atoms with Crippen molar-refractivity contribution in [3.05, 3.63) is 34.9 Å². The second-order valence-electron chi connectivity index (χ2n) is 4.01. The third-order valence-electron chi connectivity index (χ3n) is 2.59. The van der Waals surface area contributed by atoms with E-state index in [1.165, 1.54) is 5.56 Å². The highest BCUT2D eigenvalue weighted by atomic mass is 35.5. The Hall–Kier alpha value is -1.15. The Morgan fingerprint density at radius 1 is 1.06 bits per heavy atom. The molecule has 2 nitrogen and oxygen atoms in total. The van der Waals surface area contributed by atoms with Gasteiger partial charge in [0.25, 0.3) is 0 Å². The second-order valence-corrected chi connectivity index (χ2v) is 4.39. The Labute approximate surface area is 108 Å². The lowest BCUT2D eigenvalue weighted by atomic mass is 9.99. The number of hydrogen-bond acceptors (Lipinski definition) is 2. The van der Waals surface area contributed by atoms with Crippen LogP contribution in [0, 0.1) is 6.92 Å². The van der Waals surface area contributed by atoms with Gasteiger partial charge >= 0.3 is 0 Å². The molecule has 0 radical (unpaired) electrons. The first-order valence-electron chi connectivity index (χ1n) is 6.00. The van der Waals surface area contributed by atoms with Gasteiger partial charge < -0.3 is 0 Å². The number of pyridine rings is 2. The Bertz CT molecular complexity index is 507. The first-order valence-corrected chi connectivity index (χ1v) is 6.38. The van der Waals surface area contributed by atoms with E-state index < -0.39 is 0 Å². The van der Waals surface area contributed by atoms with Crippen LogP contribution in [0.3, 0.4) is 0 Å². The van der Waals surface area contributed by atoms with Gasteiger partial charge in [-0.25, -0.2) is 4.98 Å². The van der Waals surface area contributed by atoms with Crippen LogP contribution in [0.2, 0.25) is 5.15 Å². The molecule has 3 heteroatoms. The maximum atomic E-state index is 5.92. The molecule has 2 heterocycles. The van der Waals surface area contributed by atoms with Gasteiger partial charge in [-0.05, 0) is 29.9 Å². The number of halogens is 1. The van der Waals surface area contributed by atoms with Gasteiger partial charge in [0.2, 0.25) is 0 Å². The minimum atomic E-state index is 0.444. The van der Waals surface area contributed by atoms with Gasteiger partial charge in [0.05, 0.1) is 0 Å². The number of aromatic nitrogens is 2. The van der Waals surface area contributed by atoms with Crippen molar-refractivity contribution >= 4 is 22.4 Å². The standard InChI is InChI=1S/C12H13ClN2.C2H6/c1-7(2)10-5-14-8(3)11-6-15-12(13)4-9(10)11;1-2/h4-7H,1-3H3;1-2H3. The van der Waals surface area contributed by atoms with Gasteiger partial charge in [-0.3, -0.25) is 4.98 Å². The van der Waals surface area contributed by atoms with Crippen LogP contribution >= 0.6 is 11.6 Å². The highest BCUT2D eigenvalue weighted by molar-refractivity contribution is 6.30. The lowest BCUT2D eigenvalue weighted by Gasteiger charge is -2.10. The van der Waals surface area contributed by atoms with E-state index in [0.717, 1.165) is 16.5 Å². The fraction of sp³-hybridized carbons (Fsp3) is 0.429. The molecule has 0 amide bonds. The SMILES string of the molecule is CC.Cc1ncc(C(C)C)c2cc(Cl)ncc12. The molecule has 0 atom stereocenters. The van der Waals surface area contributed by atoms with Crippen molar-refractivity contribution in [1.82, 2.24) is 9.97 Å². The van der Waals surface area contributed by atoms with Crippen molar-refractivity contribution in [1.29, 1.82) is 0 Å². The quantitative estimate of drug-likeness (QED) is 0.683. The average molecular weight is 251 g/mol. The van der Waals surface area contributed by atoms with Gasteiger partial charge in [0.15, 0.2) is 0 Å². The van der Waals surface area contributed by atoms with Crippen LogP contribution < -0.4 is 0 Å². The van der Waals surface area contributed by atoms with Gasteiger partial charge in [-0.1, -0.05) is 39.3 Å². The van der Waals surface area contributed by atoms with Gasteiger partial charge in [-0.2, -0.15) is 0 Å². The molecule has 0 saturated carbocycles. The molecule has 0 aliphatic rings. The van der Waals surface area contributed by atoms with E-state index in [-0.39, 0.29) is 0 Å². The van der Waals surface area contributed by atoms with Crippen LogP contribution in [-0.2, 0) is 0 Å². The second kappa shape index (κ2) is 5.97. The number of nitrogens with zero attached hydrogens (tertiary/aromatic N) is 2. The number of fused-ring (bicyclic) bond motifs is 1. The van der Waals surface area contributed by atoms with Crippen LogP contribution in [0.4, 0.5) is 0 Å². The minimum Gasteiger partial charge on any atom is -0.261 e. The lowest BCUT2D eigenvalue weighted by molar-refractivity contribution is 0.867. The van der Waals surface area contributed by atoms with Crippen LogP contribution in [0.25, 0.3) is 10.8 Å². The van der Waals surface area contributed by atoms with Crippen LogP contribution in [-0.4, -0.2) is 9.97 Å². The van der Waals surface area contributed by atoms with E-state index in [4.69, 9.17) is 11.6 Å². The van der Waals surface area contributed by atoms with Gasteiger partial charge in [0, 0.05) is 23.5 Å². The minimum absolute atomic E-state index is 0.444. The first kappa shape index (κ1) is 13.9. The van der Waals surface area contributed by atoms with E-state index in [1.54, 1.807) is 6.20 Å². The Morgan fingerprint density at radius 2 is 1.71 bits per heavy atom. The molecule has 0 saturated heterocycles. The van der Waals surface area contributed by atoms with E-state index in [2.05, 4.69) is 23.8 Å². The normalized spacial score (nSPS) is 10.3. The van der Waals surface area contributed by atoms with Gasteiger partial charge in [-0.15, -0.1) is 0 Å². The summed E-state index contributed by atoms with van der Waals surface area (Å²) in [5, 5.41) is 2.79. The van der Waals surface area contributed by atoms with Crippen LogP contribution in [0.5, 0.6) is 0 Å². The third kappa shape index (κ3) is 2.95. The zero-order valence-corrected chi connectivity index (χ0v) is 11.8. The van der Waals surface area contributed by atoms with E-state index >= 15 is 0 Å². The topological polar surface area (TPSA) is 25.8 Å². The summed E-state index contributed by atoms with van der Waals surface area (Å²) in [7, 11) is 0. The predicted octanol–water partition coefficient (Wildman–Crippen LogP) is 4.74. The summed E-state index contributed by atoms with van der Waals surface area (Å²) >= 11 is 5.92. The number of hydrogen-bond donors (Lipinski definition) is 0. The van der Waals surface area contributed by atoms with Gasteiger partial charge in [0.1, 0.15) is 5.15 Å². The molecule has 0 aliphatic heterocycles. The molecular weight excluding hydrogens is 232 g/mol. The fourth-order valence-corrected chi connectivity index (χ4v) is 1.88. The molecule has 17 heavy (non-hydrogen) atoms. The molecular formula is C14H19ClN2. The van der Waals surface area contributed by atoms with Crippen molar-refractivity contribution in [2.45, 2.75) is 40.5 Å². The summed E-state index contributed by atoms with van der Waals surface area (Å²) in [5.74, 6) is 0.444. The smallest absolute Gasteiger partial charge is 0.129 e. The zero-order valence-electron chi connectivity index (χ0n) is 11.1. The van der Waals surface area contributed by atoms with E-state index in [0.29, 0.717) is 11.1 Å². The predicted molar refractivity (Wildman–Crippen MR) is 74.7 cm³/mol. The summed E-state index contributed by atoms with van der Waals surface area (Å²) in [6.07, 6.45) is 3.73. The number of rotatable bonds is 1.